The molecule has 0 bridgehead atoms. The zero-order valence-corrected chi connectivity index (χ0v) is 24.2. The summed E-state index contributed by atoms with van der Waals surface area (Å²) in [6.07, 6.45) is 10.3. The largest absolute Gasteiger partial charge is 0.365 e. The molecule has 0 radical (unpaired) electrons. The van der Waals surface area contributed by atoms with E-state index in [0.717, 1.165) is 42.2 Å². The van der Waals surface area contributed by atoms with Gasteiger partial charge in [-0.05, 0) is 31.2 Å². The fourth-order valence-corrected chi connectivity index (χ4v) is 6.06. The summed E-state index contributed by atoms with van der Waals surface area (Å²) in [7, 11) is -4.37. The van der Waals surface area contributed by atoms with Crippen LogP contribution in [0.25, 0.3) is 22.4 Å². The van der Waals surface area contributed by atoms with Gasteiger partial charge in [-0.2, -0.15) is 0 Å². The van der Waals surface area contributed by atoms with Gasteiger partial charge in [0.25, 0.3) is 0 Å². The highest BCUT2D eigenvalue weighted by atomic mass is 32.2. The third-order valence-electron chi connectivity index (χ3n) is 6.11. The number of thioether (sulfide) groups is 1. The second-order valence-corrected chi connectivity index (χ2v) is 18.7. The molecule has 4 heterocycles. The van der Waals surface area contributed by atoms with Crippen LogP contribution in [0.2, 0.25) is 25.7 Å². The number of nitrogens with one attached hydrogen (secondary N) is 1. The van der Waals surface area contributed by atoms with Crippen LogP contribution in [0.3, 0.4) is 0 Å². The molecule has 1 atom stereocenters. The van der Waals surface area contributed by atoms with Crippen molar-refractivity contribution in [1.82, 2.24) is 28.8 Å². The standard InChI is InChI=1S/C23H35N7O3S2Si/c1-34-23-25-13-18(21(28-23)26-17-7-6-9-30(15-17)35(2,31)32)20-14-24-22-19(27-20)8-10-29(22)16-33-11-12-36(3,4)5/h8,10,13-14,17H,6-7,9,11-12,15-16H2,1-5H3,(H,25,26,28). The first-order valence-electron chi connectivity index (χ1n) is 12.1. The van der Waals surface area contributed by atoms with Gasteiger partial charge >= 0.3 is 0 Å². The van der Waals surface area contributed by atoms with Crippen molar-refractivity contribution in [1.29, 1.82) is 0 Å². The topological polar surface area (TPSA) is 115 Å². The highest BCUT2D eigenvalue weighted by Gasteiger charge is 2.27. The summed E-state index contributed by atoms with van der Waals surface area (Å²) < 4.78 is 33.5. The van der Waals surface area contributed by atoms with E-state index in [4.69, 9.17) is 9.72 Å². The molecule has 1 saturated heterocycles. The first-order chi connectivity index (χ1) is 17.0. The van der Waals surface area contributed by atoms with E-state index >= 15 is 0 Å². The van der Waals surface area contributed by atoms with Gasteiger partial charge < -0.3 is 14.6 Å². The Balaban J connectivity index is 1.55. The summed E-state index contributed by atoms with van der Waals surface area (Å²) in [6, 6.07) is 3.00. The van der Waals surface area contributed by atoms with Gasteiger partial charge in [0.05, 0.1) is 23.7 Å². The smallest absolute Gasteiger partial charge is 0.211 e. The van der Waals surface area contributed by atoms with Crippen molar-refractivity contribution in [3.8, 4) is 11.3 Å². The number of hydrogen-bond acceptors (Lipinski definition) is 9. The second kappa shape index (κ2) is 11.1. The molecule has 1 N–H and O–H groups in total. The van der Waals surface area contributed by atoms with Crippen molar-refractivity contribution in [2.75, 3.05) is 37.5 Å². The quantitative estimate of drug-likeness (QED) is 0.175. The summed E-state index contributed by atoms with van der Waals surface area (Å²) in [6.45, 7) is 9.15. The number of aromatic nitrogens is 5. The number of nitrogens with zero attached hydrogens (tertiary/aromatic N) is 6. The zero-order chi connectivity index (χ0) is 25.9. The summed E-state index contributed by atoms with van der Waals surface area (Å²) in [5.74, 6) is 0.637. The molecule has 0 aromatic carbocycles. The molecule has 13 heteroatoms. The van der Waals surface area contributed by atoms with Crippen molar-refractivity contribution in [2.24, 2.45) is 0 Å². The molecule has 0 amide bonds. The normalized spacial score (nSPS) is 17.5. The van der Waals surface area contributed by atoms with E-state index in [2.05, 4.69) is 39.9 Å². The predicted molar refractivity (Wildman–Crippen MR) is 148 cm³/mol. The van der Waals surface area contributed by atoms with Crippen LogP contribution < -0.4 is 5.32 Å². The first-order valence-corrected chi connectivity index (χ1v) is 18.8. The van der Waals surface area contributed by atoms with Crippen LogP contribution in [0, 0.1) is 0 Å². The number of rotatable bonds is 10. The van der Waals surface area contributed by atoms with Gasteiger partial charge in [-0.25, -0.2) is 32.7 Å². The lowest BCUT2D eigenvalue weighted by molar-refractivity contribution is 0.0899. The molecular weight excluding hydrogens is 515 g/mol. The number of fused-ring (bicyclic) bond motifs is 1. The van der Waals surface area contributed by atoms with Crippen molar-refractivity contribution < 1.29 is 13.2 Å². The Bertz CT molecular complexity index is 1310. The Morgan fingerprint density at radius 2 is 2.03 bits per heavy atom. The summed E-state index contributed by atoms with van der Waals surface area (Å²) in [4.78, 5) is 18.6. The molecule has 1 aliphatic heterocycles. The van der Waals surface area contributed by atoms with E-state index in [1.807, 2.05) is 23.1 Å². The van der Waals surface area contributed by atoms with Gasteiger partial charge in [-0.3, -0.25) is 0 Å². The Kier molecular flexibility index (Phi) is 8.34. The van der Waals surface area contributed by atoms with Gasteiger partial charge in [0.1, 0.15) is 18.1 Å². The maximum absolute atomic E-state index is 12.1. The van der Waals surface area contributed by atoms with Gasteiger partial charge in [0, 0.05) is 46.2 Å². The second-order valence-electron chi connectivity index (χ2n) is 10.3. The summed E-state index contributed by atoms with van der Waals surface area (Å²) in [5.41, 5.74) is 2.92. The van der Waals surface area contributed by atoms with E-state index in [0.29, 0.717) is 36.5 Å². The van der Waals surface area contributed by atoms with E-state index in [1.54, 1.807) is 12.4 Å². The summed E-state index contributed by atoms with van der Waals surface area (Å²) >= 11 is 1.45. The Morgan fingerprint density at radius 3 is 2.75 bits per heavy atom. The van der Waals surface area contributed by atoms with Crippen molar-refractivity contribution >= 4 is 46.8 Å². The predicted octanol–water partition coefficient (Wildman–Crippen LogP) is 3.76. The number of sulfonamides is 1. The van der Waals surface area contributed by atoms with Crippen LogP contribution in [-0.4, -0.2) is 83.5 Å². The maximum atomic E-state index is 12.1. The molecular formula is C23H35N7O3S2Si. The lowest BCUT2D eigenvalue weighted by atomic mass is 10.1. The van der Waals surface area contributed by atoms with E-state index in [-0.39, 0.29) is 6.04 Å². The van der Waals surface area contributed by atoms with Crippen molar-refractivity contribution in [3.63, 3.8) is 0 Å². The first kappa shape index (κ1) is 27.0. The lowest BCUT2D eigenvalue weighted by Gasteiger charge is -2.32. The average Bonchev–Trinajstić information content (AvgIpc) is 3.23. The average molecular weight is 550 g/mol. The zero-order valence-electron chi connectivity index (χ0n) is 21.6. The number of hydrogen-bond donors (Lipinski definition) is 1. The number of anilines is 1. The third kappa shape index (κ3) is 6.82. The van der Waals surface area contributed by atoms with Gasteiger partial charge in [-0.1, -0.05) is 31.4 Å². The number of piperidine rings is 1. The summed E-state index contributed by atoms with van der Waals surface area (Å²) in [5, 5.41) is 4.10. The molecule has 36 heavy (non-hydrogen) atoms. The van der Waals surface area contributed by atoms with Crippen LogP contribution >= 0.6 is 11.8 Å². The highest BCUT2D eigenvalue weighted by Crippen LogP contribution is 2.29. The molecule has 4 rings (SSSR count). The molecule has 1 fully saturated rings. The van der Waals surface area contributed by atoms with Crippen LogP contribution in [0.4, 0.5) is 5.82 Å². The Morgan fingerprint density at radius 1 is 1.22 bits per heavy atom. The van der Waals surface area contributed by atoms with Crippen LogP contribution in [-0.2, 0) is 21.5 Å². The van der Waals surface area contributed by atoms with Gasteiger partial charge in [-0.15, -0.1) is 0 Å². The molecule has 10 nitrogen and oxygen atoms in total. The third-order valence-corrected chi connectivity index (χ3v) is 9.65. The molecule has 0 saturated carbocycles. The fourth-order valence-electron chi connectivity index (χ4n) is 4.05. The van der Waals surface area contributed by atoms with E-state index < -0.39 is 18.1 Å². The Labute approximate surface area is 218 Å². The molecule has 196 valence electrons. The SMILES string of the molecule is CSc1ncc(-c2cnc3c(ccn3COCC[Si](C)(C)C)n2)c(NC2CCCN(S(C)(=O)=O)C2)n1. The monoisotopic (exact) mass is 549 g/mol. The number of ether oxygens (including phenoxy) is 1. The minimum atomic E-state index is -3.24. The van der Waals surface area contributed by atoms with Crippen LogP contribution in [0.1, 0.15) is 12.8 Å². The molecule has 1 aliphatic rings. The van der Waals surface area contributed by atoms with E-state index in [1.165, 1.54) is 22.3 Å². The van der Waals surface area contributed by atoms with Gasteiger partial charge in [0.2, 0.25) is 10.0 Å². The molecule has 3 aromatic rings. The van der Waals surface area contributed by atoms with E-state index in [9.17, 15) is 8.42 Å². The highest BCUT2D eigenvalue weighted by molar-refractivity contribution is 7.98. The van der Waals surface area contributed by atoms with Crippen molar-refractivity contribution in [3.05, 3.63) is 24.7 Å². The minimum absolute atomic E-state index is 0.0529. The maximum Gasteiger partial charge on any atom is 0.211 e. The molecule has 0 spiro atoms. The molecule has 0 aliphatic carbocycles. The molecule has 1 unspecified atom stereocenters. The Hall–Kier alpha value is -2.06. The van der Waals surface area contributed by atoms with Crippen molar-refractivity contribution in [2.45, 2.75) is 56.5 Å². The molecule has 3 aromatic heterocycles. The van der Waals surface area contributed by atoms with Crippen LogP contribution in [0.5, 0.6) is 0 Å². The lowest BCUT2D eigenvalue weighted by Crippen LogP contribution is -2.44. The van der Waals surface area contributed by atoms with Crippen LogP contribution in [0.15, 0.2) is 29.8 Å². The minimum Gasteiger partial charge on any atom is -0.365 e. The fraction of sp³-hybridized carbons (Fsp3) is 0.565. The van der Waals surface area contributed by atoms with Gasteiger partial charge in [0.15, 0.2) is 10.8 Å².